The smallest absolute Gasteiger partial charge is 0.249 e. The molecule has 0 aliphatic heterocycles. The summed E-state index contributed by atoms with van der Waals surface area (Å²) in [5.41, 5.74) is 7.59. The quantitative estimate of drug-likeness (QED) is 0.457. The van der Waals surface area contributed by atoms with Crippen LogP contribution in [0.4, 0.5) is 8.78 Å². The summed E-state index contributed by atoms with van der Waals surface area (Å²) in [6.07, 6.45) is 0.525. The average molecular weight is 485 g/mol. The van der Waals surface area contributed by atoms with Gasteiger partial charge < -0.3 is 19.9 Å². The van der Waals surface area contributed by atoms with Crippen LogP contribution in [0.25, 0.3) is 11.3 Å². The van der Waals surface area contributed by atoms with E-state index in [-0.39, 0.29) is 31.4 Å². The number of benzene rings is 2. The molecule has 0 bridgehead atoms. The van der Waals surface area contributed by atoms with Crippen molar-refractivity contribution in [1.82, 2.24) is 14.5 Å². The molecule has 2 N–H and O–H groups in total. The van der Waals surface area contributed by atoms with E-state index in [2.05, 4.69) is 0 Å². The lowest BCUT2D eigenvalue weighted by Gasteiger charge is -2.40. The Bertz CT molecular complexity index is 1090. The third-order valence-electron chi connectivity index (χ3n) is 5.76. The third kappa shape index (κ3) is 6.74. The van der Waals surface area contributed by atoms with Gasteiger partial charge in [0, 0.05) is 32.0 Å². The molecule has 0 aliphatic carbocycles. The van der Waals surface area contributed by atoms with Gasteiger partial charge in [-0.1, -0.05) is 63.2 Å². The summed E-state index contributed by atoms with van der Waals surface area (Å²) in [5, 5.41) is 0. The van der Waals surface area contributed by atoms with E-state index in [9.17, 15) is 13.6 Å². The van der Waals surface area contributed by atoms with Gasteiger partial charge >= 0.3 is 0 Å². The second-order valence-electron chi connectivity index (χ2n) is 9.69. The lowest BCUT2D eigenvalue weighted by molar-refractivity contribution is -0.141. The normalized spacial score (nSPS) is 13.5. The molecule has 2 unspecified atom stereocenters. The summed E-state index contributed by atoms with van der Waals surface area (Å²) in [6, 6.07) is 15.4. The van der Waals surface area contributed by atoms with Crippen molar-refractivity contribution in [2.75, 3.05) is 26.8 Å². The number of hydrogen-bond acceptors (Lipinski definition) is 4. The van der Waals surface area contributed by atoms with E-state index >= 15 is 0 Å². The molecule has 3 aromatic rings. The van der Waals surface area contributed by atoms with Crippen LogP contribution in [0.2, 0.25) is 0 Å². The molecular formula is C27H34F2N4O2. The number of ether oxygens (including phenoxy) is 1. The van der Waals surface area contributed by atoms with Gasteiger partial charge in [0.2, 0.25) is 5.91 Å². The molecule has 1 aromatic heterocycles. The van der Waals surface area contributed by atoms with E-state index < -0.39 is 17.6 Å². The topological polar surface area (TPSA) is 73.4 Å². The number of aromatic nitrogens is 2. The molecule has 35 heavy (non-hydrogen) atoms. The van der Waals surface area contributed by atoms with Gasteiger partial charge in [-0.05, 0) is 23.1 Å². The number of methoxy groups -OCH3 is 1. The molecule has 0 radical (unpaired) electrons. The van der Waals surface area contributed by atoms with E-state index in [0.717, 1.165) is 16.8 Å². The van der Waals surface area contributed by atoms with Gasteiger partial charge in [-0.3, -0.25) is 4.79 Å². The van der Waals surface area contributed by atoms with Crippen LogP contribution in [0.1, 0.15) is 38.2 Å². The van der Waals surface area contributed by atoms with Gasteiger partial charge in [0.25, 0.3) is 0 Å². The highest BCUT2D eigenvalue weighted by Crippen LogP contribution is 2.39. The molecule has 1 amide bonds. The van der Waals surface area contributed by atoms with Crippen molar-refractivity contribution in [3.63, 3.8) is 0 Å². The first-order chi connectivity index (χ1) is 16.6. The summed E-state index contributed by atoms with van der Waals surface area (Å²) in [7, 11) is 1.43. The molecule has 0 aliphatic rings. The van der Waals surface area contributed by atoms with Crippen LogP contribution in [0, 0.1) is 11.2 Å². The van der Waals surface area contributed by atoms with Crippen molar-refractivity contribution in [3.05, 3.63) is 78.0 Å². The zero-order valence-corrected chi connectivity index (χ0v) is 20.7. The number of carbonyl (C=O) groups is 1. The monoisotopic (exact) mass is 484 g/mol. The Balaban J connectivity index is 2.16. The zero-order chi connectivity index (χ0) is 25.6. The Labute approximate surface area is 205 Å². The molecule has 0 spiro atoms. The highest BCUT2D eigenvalue weighted by atomic mass is 19.1. The zero-order valence-electron chi connectivity index (χ0n) is 20.7. The van der Waals surface area contributed by atoms with Crippen LogP contribution >= 0.6 is 0 Å². The number of carbonyl (C=O) groups excluding carboxylic acids is 1. The number of halogens is 2. The SMILES string of the molecule is COCC(=O)N(CC(F)CN)C(c1nc(-c2ccccc2)cn1Cc1ccc(F)cc1)C(C)(C)C. The fraction of sp³-hybridized carbons (Fsp3) is 0.407. The van der Waals surface area contributed by atoms with Gasteiger partial charge in [-0.25, -0.2) is 13.8 Å². The Morgan fingerprint density at radius 1 is 1.14 bits per heavy atom. The molecule has 2 atom stereocenters. The molecule has 2 aromatic carbocycles. The molecule has 188 valence electrons. The number of nitrogens with two attached hydrogens (primary N) is 1. The van der Waals surface area contributed by atoms with E-state index in [0.29, 0.717) is 12.4 Å². The highest BCUT2D eigenvalue weighted by molar-refractivity contribution is 5.78. The number of nitrogens with zero attached hydrogens (tertiary/aromatic N) is 3. The fourth-order valence-corrected chi connectivity index (χ4v) is 4.15. The summed E-state index contributed by atoms with van der Waals surface area (Å²) < 4.78 is 35.2. The summed E-state index contributed by atoms with van der Waals surface area (Å²) in [5.74, 6) is -0.0558. The lowest BCUT2D eigenvalue weighted by Crippen LogP contribution is -2.47. The van der Waals surface area contributed by atoms with Gasteiger partial charge in [0.15, 0.2) is 0 Å². The maximum Gasteiger partial charge on any atom is 0.249 e. The van der Waals surface area contributed by atoms with Crippen LogP contribution in [-0.4, -0.2) is 53.3 Å². The Morgan fingerprint density at radius 2 is 1.80 bits per heavy atom. The van der Waals surface area contributed by atoms with Crippen LogP contribution in [0.3, 0.4) is 0 Å². The number of amides is 1. The standard InChI is InChI=1S/C27H34F2N4O2/c1-27(2,3)25(33(16-22(29)14-30)24(34)18-35-4)26-31-23(20-8-6-5-7-9-20)17-32(26)15-19-10-12-21(28)13-11-19/h5-13,17,22,25H,14-16,18,30H2,1-4H3. The van der Waals surface area contributed by atoms with Crippen molar-refractivity contribution in [2.45, 2.75) is 39.5 Å². The van der Waals surface area contributed by atoms with Crippen LogP contribution in [-0.2, 0) is 16.1 Å². The molecule has 8 heteroatoms. The van der Waals surface area contributed by atoms with Gasteiger partial charge in [-0.15, -0.1) is 0 Å². The minimum atomic E-state index is -1.39. The Kier molecular flexibility index (Phi) is 8.75. The molecule has 0 saturated carbocycles. The minimum absolute atomic E-state index is 0.176. The largest absolute Gasteiger partial charge is 0.375 e. The predicted octanol–water partition coefficient (Wildman–Crippen LogP) is 4.60. The first kappa shape index (κ1) is 26.5. The fourth-order valence-electron chi connectivity index (χ4n) is 4.15. The van der Waals surface area contributed by atoms with Crippen molar-refractivity contribution < 1.29 is 18.3 Å². The maximum atomic E-state index is 14.6. The maximum absolute atomic E-state index is 14.6. The summed E-state index contributed by atoms with van der Waals surface area (Å²) in [6.45, 7) is 5.80. The van der Waals surface area contributed by atoms with E-state index in [4.69, 9.17) is 15.5 Å². The number of rotatable bonds is 10. The molecule has 1 heterocycles. The molecule has 0 fully saturated rings. The molecule has 3 rings (SSSR count). The molecular weight excluding hydrogens is 450 g/mol. The van der Waals surface area contributed by atoms with E-state index in [1.165, 1.54) is 24.1 Å². The molecule has 6 nitrogen and oxygen atoms in total. The predicted molar refractivity (Wildman–Crippen MR) is 133 cm³/mol. The first-order valence-corrected chi connectivity index (χ1v) is 11.6. The van der Waals surface area contributed by atoms with E-state index in [1.54, 1.807) is 12.1 Å². The highest BCUT2D eigenvalue weighted by Gasteiger charge is 2.39. The van der Waals surface area contributed by atoms with Gasteiger partial charge in [0.1, 0.15) is 24.4 Å². The third-order valence-corrected chi connectivity index (χ3v) is 5.76. The van der Waals surface area contributed by atoms with Crippen LogP contribution < -0.4 is 5.73 Å². The number of alkyl halides is 1. The van der Waals surface area contributed by atoms with Crippen molar-refractivity contribution in [1.29, 1.82) is 0 Å². The first-order valence-electron chi connectivity index (χ1n) is 11.6. The van der Waals surface area contributed by atoms with Crippen molar-refractivity contribution >= 4 is 5.91 Å². The lowest BCUT2D eigenvalue weighted by atomic mass is 9.84. The summed E-state index contributed by atoms with van der Waals surface area (Å²) >= 11 is 0. The van der Waals surface area contributed by atoms with Gasteiger partial charge in [0.05, 0.1) is 18.3 Å². The number of hydrogen-bond donors (Lipinski definition) is 1. The summed E-state index contributed by atoms with van der Waals surface area (Å²) in [4.78, 5) is 19.6. The number of imidazole rings is 1. The van der Waals surface area contributed by atoms with Crippen molar-refractivity contribution in [3.8, 4) is 11.3 Å². The second-order valence-corrected chi connectivity index (χ2v) is 9.69. The van der Waals surface area contributed by atoms with Crippen molar-refractivity contribution in [2.24, 2.45) is 11.1 Å². The van der Waals surface area contributed by atoms with Crippen LogP contribution in [0.5, 0.6) is 0 Å². The minimum Gasteiger partial charge on any atom is -0.375 e. The Hall–Kier alpha value is -3.10. The van der Waals surface area contributed by atoms with Gasteiger partial charge in [-0.2, -0.15) is 0 Å². The second kappa shape index (κ2) is 11.6. The van der Waals surface area contributed by atoms with E-state index in [1.807, 2.05) is 61.9 Å². The average Bonchev–Trinajstić information content (AvgIpc) is 3.22. The Morgan fingerprint density at radius 3 is 2.37 bits per heavy atom. The van der Waals surface area contributed by atoms with Crippen LogP contribution in [0.15, 0.2) is 60.8 Å². The molecule has 0 saturated heterocycles.